The Morgan fingerprint density at radius 1 is 1.09 bits per heavy atom. The van der Waals surface area contributed by atoms with Gasteiger partial charge in [-0.3, -0.25) is 0 Å². The molecule has 0 radical (unpaired) electrons. The molecule has 2 aromatic rings. The third kappa shape index (κ3) is 4.82. The molecular formula is C23H34N6O2S2. The van der Waals surface area contributed by atoms with Gasteiger partial charge < -0.3 is 0 Å². The van der Waals surface area contributed by atoms with Crippen LogP contribution in [0.5, 0.6) is 0 Å². The summed E-state index contributed by atoms with van der Waals surface area (Å²) in [5.41, 5.74) is 1.36. The van der Waals surface area contributed by atoms with E-state index in [0.717, 1.165) is 30.5 Å². The van der Waals surface area contributed by atoms with Crippen LogP contribution in [-0.2, 0) is 37.7 Å². The summed E-state index contributed by atoms with van der Waals surface area (Å²) in [4.78, 5) is 18.7. The summed E-state index contributed by atoms with van der Waals surface area (Å²) in [6, 6.07) is 0. The topological polar surface area (TPSA) is 133 Å². The van der Waals surface area contributed by atoms with E-state index in [9.17, 15) is 8.42 Å². The Balaban J connectivity index is 1.55. The van der Waals surface area contributed by atoms with Gasteiger partial charge in [0.05, 0.1) is 30.0 Å². The highest BCUT2D eigenvalue weighted by Crippen LogP contribution is 2.35. The Bertz CT molecular complexity index is 1280. The molecule has 2 aliphatic heterocycles. The van der Waals surface area contributed by atoms with Gasteiger partial charge in [0.25, 0.3) is 0 Å². The molecule has 3 unspecified atom stereocenters. The normalized spacial score (nSPS) is 29.1. The number of nitrogens with one attached hydrogen (secondary N) is 2. The van der Waals surface area contributed by atoms with Crippen LogP contribution in [0.4, 0.5) is 0 Å². The van der Waals surface area contributed by atoms with Gasteiger partial charge in [-0.2, -0.15) is 0 Å². The molecule has 4 heterocycles. The van der Waals surface area contributed by atoms with Crippen molar-refractivity contribution in [2.75, 3.05) is 11.5 Å². The molecule has 8 nitrogen and oxygen atoms in total. The summed E-state index contributed by atoms with van der Waals surface area (Å²) in [6.45, 7) is 10.3. The molecule has 10 heteroatoms. The second-order valence-electron chi connectivity index (χ2n) is 10.7. The largest absolute Gasteiger partial charge is 0.249 e. The van der Waals surface area contributed by atoms with E-state index in [-0.39, 0.29) is 23.2 Å². The molecule has 2 aliphatic rings. The van der Waals surface area contributed by atoms with E-state index in [4.69, 9.17) is 14.5 Å². The zero-order chi connectivity index (χ0) is 24.2. The van der Waals surface area contributed by atoms with Crippen LogP contribution in [0.25, 0.3) is 0 Å². The summed E-state index contributed by atoms with van der Waals surface area (Å²) in [5, 5.41) is 0.407. The number of aryl methyl sites for hydroxylation is 1. The van der Waals surface area contributed by atoms with Crippen LogP contribution in [0.1, 0.15) is 76.3 Å². The first-order valence-corrected chi connectivity index (χ1v) is 15.0. The zero-order valence-electron chi connectivity index (χ0n) is 20.1. The first kappa shape index (κ1) is 24.2. The lowest BCUT2D eigenvalue weighted by Crippen LogP contribution is -2.30. The second kappa shape index (κ2) is 8.37. The Hall–Kier alpha value is -1.94. The molecule has 0 amide bonds. The maximum absolute atomic E-state index is 13.2. The summed E-state index contributed by atoms with van der Waals surface area (Å²) in [6.07, 6.45) is 6.29. The van der Waals surface area contributed by atoms with Gasteiger partial charge in [-0.25, -0.2) is 37.9 Å². The lowest BCUT2D eigenvalue weighted by atomic mass is 9.85. The third-order valence-electron chi connectivity index (χ3n) is 6.81. The molecule has 4 rings (SSSR count). The second-order valence-corrected chi connectivity index (χ2v) is 15.0. The van der Waals surface area contributed by atoms with Crippen molar-refractivity contribution in [1.29, 1.82) is 9.56 Å². The number of fused-ring (bicyclic) bond motifs is 2. The lowest BCUT2D eigenvalue weighted by molar-refractivity contribution is 0.355. The van der Waals surface area contributed by atoms with Crippen LogP contribution >= 0.6 is 0 Å². The SMILES string of the molecule is C[C@@H](CC1Cc2nc(C(C)(C)C)ncc2S(=N)(=O)C1)[C@@H](C)c1ncc2c(n1)S(=N)(=O)CCC2. The van der Waals surface area contributed by atoms with E-state index < -0.39 is 19.5 Å². The van der Waals surface area contributed by atoms with E-state index >= 15 is 0 Å². The average molecular weight is 491 g/mol. The first-order valence-electron chi connectivity index (χ1n) is 11.5. The highest BCUT2D eigenvalue weighted by atomic mass is 32.2. The van der Waals surface area contributed by atoms with Crippen molar-refractivity contribution in [2.24, 2.45) is 11.8 Å². The highest BCUT2D eigenvalue weighted by Gasteiger charge is 2.33. The van der Waals surface area contributed by atoms with Crippen molar-refractivity contribution in [3.05, 3.63) is 35.3 Å². The van der Waals surface area contributed by atoms with Crippen LogP contribution in [-0.4, -0.2) is 39.9 Å². The number of hydrogen-bond donors (Lipinski definition) is 2. The van der Waals surface area contributed by atoms with Crippen molar-refractivity contribution in [1.82, 2.24) is 19.9 Å². The molecule has 0 aliphatic carbocycles. The lowest BCUT2D eigenvalue weighted by Gasteiger charge is -2.30. The van der Waals surface area contributed by atoms with Crippen molar-refractivity contribution in [3.63, 3.8) is 0 Å². The minimum atomic E-state index is -2.94. The number of nitrogens with zero attached hydrogens (tertiary/aromatic N) is 4. The molecule has 0 spiro atoms. The quantitative estimate of drug-likeness (QED) is 0.613. The molecule has 33 heavy (non-hydrogen) atoms. The van der Waals surface area contributed by atoms with Gasteiger partial charge in [-0.05, 0) is 37.5 Å². The fraction of sp³-hybridized carbons (Fsp3) is 0.652. The van der Waals surface area contributed by atoms with Gasteiger partial charge in [-0.15, -0.1) is 0 Å². The predicted octanol–water partition coefficient (Wildman–Crippen LogP) is 4.32. The third-order valence-corrected chi connectivity index (χ3v) is 10.6. The van der Waals surface area contributed by atoms with E-state index in [0.29, 0.717) is 39.5 Å². The maximum Gasteiger partial charge on any atom is 0.142 e. The smallest absolute Gasteiger partial charge is 0.142 e. The average Bonchev–Trinajstić information content (AvgIpc) is 2.71. The molecule has 0 bridgehead atoms. The minimum Gasteiger partial charge on any atom is -0.249 e. The molecule has 0 fully saturated rings. The van der Waals surface area contributed by atoms with E-state index in [1.54, 1.807) is 12.4 Å². The summed E-state index contributed by atoms with van der Waals surface area (Å²) in [5.74, 6) is 2.22. The van der Waals surface area contributed by atoms with Crippen molar-refractivity contribution in [2.45, 2.75) is 81.6 Å². The van der Waals surface area contributed by atoms with Gasteiger partial charge in [-0.1, -0.05) is 34.6 Å². The molecule has 0 saturated heterocycles. The Morgan fingerprint density at radius 2 is 1.82 bits per heavy atom. The van der Waals surface area contributed by atoms with Crippen LogP contribution in [0.15, 0.2) is 22.3 Å². The van der Waals surface area contributed by atoms with Crippen LogP contribution in [0.3, 0.4) is 0 Å². The Morgan fingerprint density at radius 3 is 2.52 bits per heavy atom. The molecule has 5 atom stereocenters. The Kier molecular flexibility index (Phi) is 6.14. The van der Waals surface area contributed by atoms with E-state index in [2.05, 4.69) is 28.8 Å². The van der Waals surface area contributed by atoms with Gasteiger partial charge in [0.15, 0.2) is 0 Å². The van der Waals surface area contributed by atoms with Crippen LogP contribution in [0, 0.1) is 21.4 Å². The summed E-state index contributed by atoms with van der Waals surface area (Å²) >= 11 is 0. The van der Waals surface area contributed by atoms with E-state index in [1.165, 1.54) is 0 Å². The molecule has 180 valence electrons. The zero-order valence-corrected chi connectivity index (χ0v) is 21.7. The molecule has 2 aromatic heterocycles. The molecule has 2 N–H and O–H groups in total. The Labute approximate surface area is 197 Å². The molecule has 0 aromatic carbocycles. The van der Waals surface area contributed by atoms with Gasteiger partial charge in [0.1, 0.15) is 16.7 Å². The monoisotopic (exact) mass is 490 g/mol. The van der Waals surface area contributed by atoms with Crippen LogP contribution in [0.2, 0.25) is 0 Å². The van der Waals surface area contributed by atoms with Gasteiger partial charge in [0, 0.05) is 40.8 Å². The standard InChI is InChI=1S/C23H34N6O2S2/c1-14(15(2)20-26-11-17-7-6-8-32(24,30)21(17)29-20)9-16-10-18-19(33(25,31)13-16)12-27-22(28-18)23(3,4)5/h11-12,14-16,24-25H,6-10,13H2,1-5H3/t14-,15+,16?,32?,33?/m0/s1. The van der Waals surface area contributed by atoms with E-state index in [1.807, 2.05) is 20.8 Å². The number of aromatic nitrogens is 4. The first-order chi connectivity index (χ1) is 15.3. The highest BCUT2D eigenvalue weighted by molar-refractivity contribution is 7.92. The maximum atomic E-state index is 13.2. The van der Waals surface area contributed by atoms with Crippen molar-refractivity contribution < 1.29 is 8.42 Å². The van der Waals surface area contributed by atoms with Crippen molar-refractivity contribution >= 4 is 19.5 Å². The fourth-order valence-corrected chi connectivity index (χ4v) is 8.12. The minimum absolute atomic E-state index is 0.00820. The van der Waals surface area contributed by atoms with Crippen molar-refractivity contribution in [3.8, 4) is 0 Å². The molecule has 0 saturated carbocycles. The predicted molar refractivity (Wildman–Crippen MR) is 128 cm³/mol. The van der Waals surface area contributed by atoms with Gasteiger partial charge >= 0.3 is 0 Å². The summed E-state index contributed by atoms with van der Waals surface area (Å²) < 4.78 is 42.6. The number of rotatable bonds is 4. The molecular weight excluding hydrogens is 456 g/mol. The number of hydrogen-bond acceptors (Lipinski definition) is 8. The van der Waals surface area contributed by atoms with Crippen LogP contribution < -0.4 is 0 Å². The van der Waals surface area contributed by atoms with Gasteiger partial charge in [0.2, 0.25) is 0 Å². The fourth-order valence-electron chi connectivity index (χ4n) is 4.72. The summed E-state index contributed by atoms with van der Waals surface area (Å²) in [7, 11) is -5.78.